The highest BCUT2D eigenvalue weighted by Gasteiger charge is 2.17. The number of anilines is 1. The van der Waals surface area contributed by atoms with Crippen LogP contribution in [0.1, 0.15) is 19.3 Å². The van der Waals surface area contributed by atoms with Crippen molar-refractivity contribution in [1.82, 2.24) is 14.5 Å². The molecule has 1 saturated heterocycles. The number of nitrogens with zero attached hydrogens (tertiary/aromatic N) is 3. The number of nitrogens with two attached hydrogens (primary N) is 1. The minimum absolute atomic E-state index is 0.261. The Morgan fingerprint density at radius 3 is 3.24 bits per heavy atom. The number of hydrogen-bond acceptors (Lipinski definition) is 4. The number of nitrogen functional groups attached to an aromatic ring is 1. The van der Waals surface area contributed by atoms with Gasteiger partial charge in [0.15, 0.2) is 0 Å². The smallest absolute Gasteiger partial charge is 0.201 e. The fourth-order valence-corrected chi connectivity index (χ4v) is 2.35. The van der Waals surface area contributed by atoms with Gasteiger partial charge in [0.2, 0.25) is 5.95 Å². The summed E-state index contributed by atoms with van der Waals surface area (Å²) >= 11 is 0. The van der Waals surface area contributed by atoms with Crippen LogP contribution in [0.5, 0.6) is 0 Å². The van der Waals surface area contributed by atoms with Gasteiger partial charge in [0, 0.05) is 12.8 Å². The first-order valence-corrected chi connectivity index (χ1v) is 6.02. The quantitative estimate of drug-likeness (QED) is 0.853. The van der Waals surface area contributed by atoms with Crippen LogP contribution >= 0.6 is 0 Å². The van der Waals surface area contributed by atoms with Crippen molar-refractivity contribution in [3.8, 4) is 0 Å². The molecule has 2 aromatic rings. The first-order valence-electron chi connectivity index (χ1n) is 6.02. The van der Waals surface area contributed by atoms with Crippen LogP contribution in [0.15, 0.2) is 18.5 Å². The van der Waals surface area contributed by atoms with Gasteiger partial charge in [0.1, 0.15) is 5.52 Å². The van der Waals surface area contributed by atoms with E-state index in [9.17, 15) is 0 Å². The topological polar surface area (TPSA) is 66.0 Å². The predicted molar refractivity (Wildman–Crippen MR) is 65.5 cm³/mol. The third-order valence-electron chi connectivity index (χ3n) is 3.24. The third-order valence-corrected chi connectivity index (χ3v) is 3.24. The molecule has 1 fully saturated rings. The second-order valence-corrected chi connectivity index (χ2v) is 4.43. The lowest BCUT2D eigenvalue weighted by molar-refractivity contribution is 0.00694. The largest absolute Gasteiger partial charge is 0.376 e. The molecule has 0 saturated carbocycles. The molecular formula is C12H16N4O. The molecule has 0 spiro atoms. The lowest BCUT2D eigenvalue weighted by atomic mass is 10.1. The van der Waals surface area contributed by atoms with E-state index in [2.05, 4.69) is 9.97 Å². The van der Waals surface area contributed by atoms with Crippen LogP contribution < -0.4 is 5.73 Å². The Kier molecular flexibility index (Phi) is 2.68. The van der Waals surface area contributed by atoms with Crippen LogP contribution in [0.3, 0.4) is 0 Å². The van der Waals surface area contributed by atoms with E-state index in [0.29, 0.717) is 5.95 Å². The molecular weight excluding hydrogens is 216 g/mol. The minimum atomic E-state index is 0.261. The summed E-state index contributed by atoms with van der Waals surface area (Å²) in [4.78, 5) is 8.35. The van der Waals surface area contributed by atoms with Gasteiger partial charge in [-0.25, -0.2) is 4.98 Å². The van der Waals surface area contributed by atoms with Crippen LogP contribution in [0.2, 0.25) is 0 Å². The summed E-state index contributed by atoms with van der Waals surface area (Å²) in [5.74, 6) is 0.544. The number of rotatable bonds is 2. The molecule has 2 N–H and O–H groups in total. The molecule has 2 aromatic heterocycles. The van der Waals surface area contributed by atoms with E-state index in [1.54, 1.807) is 12.4 Å². The van der Waals surface area contributed by atoms with Crippen molar-refractivity contribution < 1.29 is 4.74 Å². The molecule has 5 nitrogen and oxygen atoms in total. The predicted octanol–water partition coefficient (Wildman–Crippen LogP) is 1.58. The molecule has 1 atom stereocenters. The second-order valence-electron chi connectivity index (χ2n) is 4.43. The number of pyridine rings is 1. The summed E-state index contributed by atoms with van der Waals surface area (Å²) in [6.07, 6.45) is 7.27. The molecule has 17 heavy (non-hydrogen) atoms. The maximum Gasteiger partial charge on any atom is 0.201 e. The molecule has 0 amide bonds. The van der Waals surface area contributed by atoms with Gasteiger partial charge in [-0.3, -0.25) is 4.98 Å². The highest BCUT2D eigenvalue weighted by Crippen LogP contribution is 2.20. The summed E-state index contributed by atoms with van der Waals surface area (Å²) in [7, 11) is 0. The molecule has 0 radical (unpaired) electrons. The molecule has 0 bridgehead atoms. The van der Waals surface area contributed by atoms with Crippen molar-refractivity contribution >= 4 is 17.0 Å². The van der Waals surface area contributed by atoms with Gasteiger partial charge in [-0.15, -0.1) is 0 Å². The highest BCUT2D eigenvalue weighted by atomic mass is 16.5. The Morgan fingerprint density at radius 1 is 1.47 bits per heavy atom. The summed E-state index contributed by atoms with van der Waals surface area (Å²) in [5.41, 5.74) is 7.82. The zero-order valence-electron chi connectivity index (χ0n) is 9.67. The molecule has 3 rings (SSSR count). The van der Waals surface area contributed by atoms with Crippen LogP contribution in [-0.4, -0.2) is 27.2 Å². The summed E-state index contributed by atoms with van der Waals surface area (Å²) < 4.78 is 7.76. The van der Waals surface area contributed by atoms with Crippen LogP contribution in [0.4, 0.5) is 5.95 Å². The SMILES string of the molecule is Nc1nc2cnccc2n1CC1CCCCO1. The second kappa shape index (κ2) is 4.33. The minimum Gasteiger partial charge on any atom is -0.376 e. The summed E-state index contributed by atoms with van der Waals surface area (Å²) in [6, 6.07) is 1.95. The Bertz CT molecular complexity index is 516. The Hall–Kier alpha value is -1.62. The highest BCUT2D eigenvalue weighted by molar-refractivity contribution is 5.77. The molecule has 0 aromatic carbocycles. The van der Waals surface area contributed by atoms with E-state index < -0.39 is 0 Å². The van der Waals surface area contributed by atoms with E-state index in [1.165, 1.54) is 12.8 Å². The molecule has 0 aliphatic carbocycles. The van der Waals surface area contributed by atoms with Crippen molar-refractivity contribution in [2.75, 3.05) is 12.3 Å². The van der Waals surface area contributed by atoms with Crippen molar-refractivity contribution in [3.05, 3.63) is 18.5 Å². The van der Waals surface area contributed by atoms with Gasteiger partial charge in [-0.1, -0.05) is 0 Å². The Balaban J connectivity index is 1.90. The fraction of sp³-hybridized carbons (Fsp3) is 0.500. The Labute approximate surface area is 99.6 Å². The fourth-order valence-electron chi connectivity index (χ4n) is 2.35. The molecule has 1 unspecified atom stereocenters. The molecule has 1 aliphatic rings. The van der Waals surface area contributed by atoms with Crippen LogP contribution in [-0.2, 0) is 11.3 Å². The van der Waals surface area contributed by atoms with Crippen molar-refractivity contribution in [3.63, 3.8) is 0 Å². The van der Waals surface area contributed by atoms with E-state index in [1.807, 2.05) is 10.6 Å². The number of aromatic nitrogens is 3. The van der Waals surface area contributed by atoms with Crippen molar-refractivity contribution in [1.29, 1.82) is 0 Å². The van der Waals surface area contributed by atoms with E-state index in [-0.39, 0.29) is 6.10 Å². The van der Waals surface area contributed by atoms with Gasteiger partial charge < -0.3 is 15.0 Å². The molecule has 3 heterocycles. The maximum absolute atomic E-state index is 5.94. The maximum atomic E-state index is 5.94. The van der Waals surface area contributed by atoms with E-state index >= 15 is 0 Å². The average molecular weight is 232 g/mol. The normalized spacial score (nSPS) is 20.8. The number of fused-ring (bicyclic) bond motifs is 1. The number of ether oxygens (including phenoxy) is 1. The standard InChI is InChI=1S/C12H16N4O/c13-12-15-10-7-14-5-4-11(10)16(12)8-9-3-1-2-6-17-9/h4-5,7,9H,1-3,6,8H2,(H2,13,15). The summed E-state index contributed by atoms with van der Waals surface area (Å²) in [6.45, 7) is 1.64. The van der Waals surface area contributed by atoms with Gasteiger partial charge in [-0.2, -0.15) is 0 Å². The first kappa shape index (κ1) is 10.5. The summed E-state index contributed by atoms with van der Waals surface area (Å²) in [5, 5.41) is 0. The zero-order chi connectivity index (χ0) is 11.7. The monoisotopic (exact) mass is 232 g/mol. The van der Waals surface area contributed by atoms with E-state index in [0.717, 1.165) is 30.6 Å². The number of hydrogen-bond donors (Lipinski definition) is 1. The molecule has 90 valence electrons. The van der Waals surface area contributed by atoms with Gasteiger partial charge in [0.05, 0.1) is 24.4 Å². The van der Waals surface area contributed by atoms with Gasteiger partial charge in [-0.05, 0) is 25.3 Å². The zero-order valence-corrected chi connectivity index (χ0v) is 9.67. The molecule has 5 heteroatoms. The average Bonchev–Trinajstić information content (AvgIpc) is 2.68. The lowest BCUT2D eigenvalue weighted by Crippen LogP contribution is -2.25. The third kappa shape index (κ3) is 1.98. The van der Waals surface area contributed by atoms with Gasteiger partial charge >= 0.3 is 0 Å². The van der Waals surface area contributed by atoms with Gasteiger partial charge in [0.25, 0.3) is 0 Å². The van der Waals surface area contributed by atoms with Crippen LogP contribution in [0, 0.1) is 0 Å². The first-order chi connectivity index (χ1) is 8.34. The van der Waals surface area contributed by atoms with E-state index in [4.69, 9.17) is 10.5 Å². The molecule has 1 aliphatic heterocycles. The van der Waals surface area contributed by atoms with Crippen LogP contribution in [0.25, 0.3) is 11.0 Å². The number of imidazole rings is 1. The lowest BCUT2D eigenvalue weighted by Gasteiger charge is -2.23. The van der Waals surface area contributed by atoms with Crippen molar-refractivity contribution in [2.45, 2.75) is 31.9 Å². The van der Waals surface area contributed by atoms with Crippen molar-refractivity contribution in [2.24, 2.45) is 0 Å². The Morgan fingerprint density at radius 2 is 2.41 bits per heavy atom.